The number of carbonyl (C=O) groups is 1. The third-order valence-corrected chi connectivity index (χ3v) is 10.8. The SMILES string of the molecule is CC(C)O[Si](CCN(CC[Si](OC(C)C)(OC(C)C)OC(C)C)C(N)=O)(OC(C)C)OC(C)C. The van der Waals surface area contributed by atoms with Gasteiger partial charge in [0.05, 0.1) is 0 Å². The second-order valence-electron chi connectivity index (χ2n) is 10.2. The lowest BCUT2D eigenvalue weighted by molar-refractivity contribution is 0.000990. The summed E-state index contributed by atoms with van der Waals surface area (Å²) in [7, 11) is -6.16. The maximum Gasteiger partial charge on any atom is 0.503 e. The number of nitrogens with zero attached hydrogens (tertiary/aromatic N) is 1. The normalized spacial score (nSPS) is 13.4. The van der Waals surface area contributed by atoms with Gasteiger partial charge in [-0.2, -0.15) is 0 Å². The van der Waals surface area contributed by atoms with Gasteiger partial charge in [0.15, 0.2) is 0 Å². The van der Waals surface area contributed by atoms with Gasteiger partial charge in [0.25, 0.3) is 0 Å². The Labute approximate surface area is 210 Å². The summed E-state index contributed by atoms with van der Waals surface area (Å²) < 4.78 is 37.5. The van der Waals surface area contributed by atoms with Gasteiger partial charge in [-0.25, -0.2) is 4.79 Å². The molecule has 0 spiro atoms. The highest BCUT2D eigenvalue weighted by molar-refractivity contribution is 6.61. The van der Waals surface area contributed by atoms with Crippen LogP contribution < -0.4 is 5.73 Å². The number of primary amides is 1. The third-order valence-electron chi connectivity index (χ3n) is 4.18. The van der Waals surface area contributed by atoms with E-state index in [0.717, 1.165) is 0 Å². The standard InChI is InChI=1S/C23H52N2O7Si2/c1-17(2)27-33(28-18(3)4,29-19(5)6)15-13-25(23(24)26)14-16-34(30-20(7)8,31-21(9)10)32-22(11)12/h17-22H,13-16H2,1-12H3,(H2,24,26). The fourth-order valence-corrected chi connectivity index (χ4v) is 9.99. The van der Waals surface area contributed by atoms with Crippen LogP contribution >= 0.6 is 0 Å². The van der Waals surface area contributed by atoms with E-state index in [4.69, 9.17) is 32.3 Å². The summed E-state index contributed by atoms with van der Waals surface area (Å²) >= 11 is 0. The molecule has 0 heterocycles. The number of urea groups is 1. The van der Waals surface area contributed by atoms with Gasteiger partial charge in [0, 0.05) is 61.8 Å². The van der Waals surface area contributed by atoms with Crippen molar-refractivity contribution in [2.24, 2.45) is 5.73 Å². The first-order chi connectivity index (χ1) is 15.5. The van der Waals surface area contributed by atoms with Gasteiger partial charge in [-0.1, -0.05) is 0 Å². The van der Waals surface area contributed by atoms with Crippen molar-refractivity contribution in [3.8, 4) is 0 Å². The molecule has 0 saturated heterocycles. The molecule has 0 aliphatic rings. The Morgan fingerprint density at radius 2 is 0.765 bits per heavy atom. The fraction of sp³-hybridized carbons (Fsp3) is 0.957. The summed E-state index contributed by atoms with van der Waals surface area (Å²) in [5, 5.41) is 0. The van der Waals surface area contributed by atoms with Crippen LogP contribution in [-0.4, -0.2) is 78.3 Å². The van der Waals surface area contributed by atoms with Crippen molar-refractivity contribution in [2.75, 3.05) is 13.1 Å². The lowest BCUT2D eigenvalue weighted by atomic mass is 10.5. The molecule has 0 rings (SSSR count). The van der Waals surface area contributed by atoms with Crippen LogP contribution in [0.5, 0.6) is 0 Å². The highest BCUT2D eigenvalue weighted by Crippen LogP contribution is 2.25. The van der Waals surface area contributed by atoms with Crippen LogP contribution in [0.15, 0.2) is 0 Å². The van der Waals surface area contributed by atoms with Gasteiger partial charge in [0.1, 0.15) is 0 Å². The molecule has 2 N–H and O–H groups in total. The Balaban J connectivity index is 5.75. The molecule has 9 nitrogen and oxygen atoms in total. The molecule has 34 heavy (non-hydrogen) atoms. The zero-order valence-corrected chi connectivity index (χ0v) is 25.7. The van der Waals surface area contributed by atoms with Crippen LogP contribution in [0.25, 0.3) is 0 Å². The molecule has 0 aromatic rings. The summed E-state index contributed by atoms with van der Waals surface area (Å²) in [6.45, 7) is 24.1. The average Bonchev–Trinajstić information content (AvgIpc) is 2.57. The Hall–Kier alpha value is -0.536. The molecule has 2 amide bonds. The number of rotatable bonds is 18. The minimum atomic E-state index is -3.08. The molecule has 0 fully saturated rings. The van der Waals surface area contributed by atoms with Gasteiger partial charge in [0.2, 0.25) is 0 Å². The van der Waals surface area contributed by atoms with Gasteiger partial charge in [-0.15, -0.1) is 0 Å². The number of nitrogens with two attached hydrogens (primary N) is 1. The molecular formula is C23H52N2O7Si2. The van der Waals surface area contributed by atoms with E-state index in [2.05, 4.69) is 0 Å². The smallest absolute Gasteiger partial charge is 0.371 e. The molecule has 0 aliphatic carbocycles. The molecular weight excluding hydrogens is 472 g/mol. The maximum absolute atomic E-state index is 12.4. The van der Waals surface area contributed by atoms with E-state index in [1.807, 2.05) is 83.1 Å². The minimum Gasteiger partial charge on any atom is -0.371 e. The fourth-order valence-electron chi connectivity index (χ4n) is 3.55. The van der Waals surface area contributed by atoms with Crippen molar-refractivity contribution in [3.63, 3.8) is 0 Å². The van der Waals surface area contributed by atoms with E-state index in [1.165, 1.54) is 0 Å². The molecule has 0 aliphatic heterocycles. The summed E-state index contributed by atoms with van der Waals surface area (Å²) in [4.78, 5) is 14.0. The highest BCUT2D eigenvalue weighted by Gasteiger charge is 2.47. The number of carbonyl (C=O) groups excluding carboxylic acids is 1. The van der Waals surface area contributed by atoms with Crippen LogP contribution in [0.2, 0.25) is 12.1 Å². The molecule has 11 heteroatoms. The van der Waals surface area contributed by atoms with Crippen molar-refractivity contribution in [3.05, 3.63) is 0 Å². The monoisotopic (exact) mass is 524 g/mol. The Bertz CT molecular complexity index is 480. The second-order valence-corrected chi connectivity index (χ2v) is 15.3. The quantitative estimate of drug-likeness (QED) is 0.257. The van der Waals surface area contributed by atoms with Gasteiger partial charge in [-0.05, 0) is 83.1 Å². The molecule has 0 unspecified atom stereocenters. The van der Waals surface area contributed by atoms with Crippen LogP contribution in [0, 0.1) is 0 Å². The third kappa shape index (κ3) is 14.1. The van der Waals surface area contributed by atoms with Crippen LogP contribution in [0.4, 0.5) is 4.79 Å². The van der Waals surface area contributed by atoms with E-state index in [0.29, 0.717) is 25.2 Å². The van der Waals surface area contributed by atoms with E-state index in [9.17, 15) is 4.79 Å². The van der Waals surface area contributed by atoms with Crippen LogP contribution in [-0.2, 0) is 26.6 Å². The van der Waals surface area contributed by atoms with E-state index in [1.54, 1.807) is 4.90 Å². The zero-order valence-electron chi connectivity index (χ0n) is 23.7. The first kappa shape index (κ1) is 33.5. The summed E-state index contributed by atoms with van der Waals surface area (Å²) in [5.41, 5.74) is 5.78. The molecule has 204 valence electrons. The van der Waals surface area contributed by atoms with E-state index >= 15 is 0 Å². The van der Waals surface area contributed by atoms with Gasteiger partial charge in [-0.3, -0.25) is 0 Å². The predicted molar refractivity (Wildman–Crippen MR) is 140 cm³/mol. The van der Waals surface area contributed by atoms with Crippen LogP contribution in [0.3, 0.4) is 0 Å². The summed E-state index contributed by atoms with van der Waals surface area (Å²) in [5.74, 6) is 0. The number of amides is 2. The van der Waals surface area contributed by atoms with Gasteiger partial charge >= 0.3 is 23.6 Å². The Morgan fingerprint density at radius 1 is 0.559 bits per heavy atom. The second kappa shape index (κ2) is 15.5. The molecule has 0 aromatic heterocycles. The summed E-state index contributed by atoms with van der Waals surface area (Å²) in [6, 6.07) is 0.336. The van der Waals surface area contributed by atoms with Gasteiger partial charge < -0.3 is 37.2 Å². The average molecular weight is 525 g/mol. The van der Waals surface area contributed by atoms with Crippen molar-refractivity contribution in [2.45, 2.75) is 132 Å². The molecule has 0 saturated carbocycles. The molecule has 0 atom stereocenters. The predicted octanol–water partition coefficient (Wildman–Crippen LogP) is 4.79. The van der Waals surface area contributed by atoms with Crippen molar-refractivity contribution >= 4 is 23.6 Å². The number of hydrogen-bond acceptors (Lipinski definition) is 7. The lowest BCUT2D eigenvalue weighted by Crippen LogP contribution is -2.55. The summed E-state index contributed by atoms with van der Waals surface area (Å²) in [6.07, 6.45) is -0.475. The van der Waals surface area contributed by atoms with Crippen molar-refractivity contribution in [1.29, 1.82) is 0 Å². The number of hydrogen-bond donors (Lipinski definition) is 1. The molecule has 0 aromatic carbocycles. The molecule has 0 bridgehead atoms. The minimum absolute atomic E-state index is 0.0791. The van der Waals surface area contributed by atoms with E-state index in [-0.39, 0.29) is 36.6 Å². The first-order valence-electron chi connectivity index (χ1n) is 12.6. The first-order valence-corrected chi connectivity index (χ1v) is 16.5. The van der Waals surface area contributed by atoms with E-state index < -0.39 is 23.6 Å². The molecule has 0 radical (unpaired) electrons. The van der Waals surface area contributed by atoms with Crippen molar-refractivity contribution < 1.29 is 31.4 Å². The van der Waals surface area contributed by atoms with Crippen LogP contribution in [0.1, 0.15) is 83.1 Å². The Morgan fingerprint density at radius 3 is 0.912 bits per heavy atom. The topological polar surface area (TPSA) is 102 Å². The zero-order chi connectivity index (χ0) is 26.7. The van der Waals surface area contributed by atoms with Crippen molar-refractivity contribution in [1.82, 2.24) is 4.90 Å². The Kier molecular flexibility index (Phi) is 15.3. The maximum atomic E-state index is 12.4. The largest absolute Gasteiger partial charge is 0.503 e. The highest BCUT2D eigenvalue weighted by atomic mass is 28.4. The lowest BCUT2D eigenvalue weighted by Gasteiger charge is -2.37.